The quantitative estimate of drug-likeness (QED) is 0.325. The van der Waals surface area contributed by atoms with Crippen LogP contribution in [0.4, 0.5) is 0 Å². The summed E-state index contributed by atoms with van der Waals surface area (Å²) in [6.45, 7) is 10.1. The summed E-state index contributed by atoms with van der Waals surface area (Å²) in [5.41, 5.74) is 3.32. The van der Waals surface area contributed by atoms with Gasteiger partial charge in [-0.1, -0.05) is 13.8 Å². The van der Waals surface area contributed by atoms with Crippen LogP contribution in [-0.4, -0.2) is 64.5 Å². The minimum Gasteiger partial charge on any atom is -0.383 e. The average molecular weight is 358 g/mol. The highest BCUT2D eigenvalue weighted by Crippen LogP contribution is 2.20. The fourth-order valence-corrected chi connectivity index (χ4v) is 4.77. The van der Waals surface area contributed by atoms with E-state index in [2.05, 4.69) is 35.3 Å². The Balaban J connectivity index is 1.47. The zero-order valence-electron chi connectivity index (χ0n) is 16.2. The number of hydrogen-bond donors (Lipinski definition) is 5. The summed E-state index contributed by atoms with van der Waals surface area (Å²) in [5.74, 6) is 1.36. The van der Waals surface area contributed by atoms with Gasteiger partial charge in [0.15, 0.2) is 6.23 Å². The van der Waals surface area contributed by atoms with Crippen LogP contribution < -0.4 is 26.3 Å². The Kier molecular flexibility index (Phi) is 7.48. The number of nitrogens with two attached hydrogens (primary N) is 1. The van der Waals surface area contributed by atoms with Crippen LogP contribution in [0.15, 0.2) is 0 Å². The molecule has 7 nitrogen and oxygen atoms in total. The van der Waals surface area contributed by atoms with E-state index in [9.17, 15) is 0 Å². The molecular formula is C18H39N5O2+2. The summed E-state index contributed by atoms with van der Waals surface area (Å²) in [7, 11) is 1.76. The van der Waals surface area contributed by atoms with Crippen molar-refractivity contribution in [3.63, 3.8) is 0 Å². The van der Waals surface area contributed by atoms with Gasteiger partial charge in [0.05, 0.1) is 32.4 Å². The Morgan fingerprint density at radius 1 is 1.36 bits per heavy atom. The van der Waals surface area contributed by atoms with Gasteiger partial charge in [-0.15, -0.1) is 0 Å². The molecule has 25 heavy (non-hydrogen) atoms. The first-order valence-electron chi connectivity index (χ1n) is 10.2. The lowest BCUT2D eigenvalue weighted by atomic mass is 9.92. The van der Waals surface area contributed by atoms with E-state index in [1.54, 1.807) is 12.0 Å². The van der Waals surface area contributed by atoms with Gasteiger partial charge >= 0.3 is 0 Å². The van der Waals surface area contributed by atoms with Gasteiger partial charge in [-0.2, -0.15) is 5.48 Å². The minimum absolute atomic E-state index is 0.159. The molecule has 3 aliphatic heterocycles. The molecule has 0 aromatic rings. The third-order valence-corrected chi connectivity index (χ3v) is 5.97. The molecule has 3 rings (SSSR count). The molecule has 0 spiro atoms. The Morgan fingerprint density at radius 3 is 3.04 bits per heavy atom. The van der Waals surface area contributed by atoms with E-state index >= 15 is 0 Å². The SMILES string of the molecule is COCCNC1CC(C2NOC(C3CCC[NH+]3CC(C)C)N2)CC[NH2+]1. The normalized spacial score (nSPS) is 39.4. The number of hydroxylamine groups is 1. The fourth-order valence-electron chi connectivity index (χ4n) is 4.77. The lowest BCUT2D eigenvalue weighted by Crippen LogP contribution is -3.15. The van der Waals surface area contributed by atoms with E-state index in [1.165, 1.54) is 38.9 Å². The summed E-state index contributed by atoms with van der Waals surface area (Å²) in [6.07, 6.45) is 5.93. The van der Waals surface area contributed by atoms with Gasteiger partial charge in [0.2, 0.25) is 0 Å². The summed E-state index contributed by atoms with van der Waals surface area (Å²) < 4.78 is 5.14. The van der Waals surface area contributed by atoms with Crippen LogP contribution in [-0.2, 0) is 9.57 Å². The summed E-state index contributed by atoms with van der Waals surface area (Å²) in [5, 5.41) is 9.78. The molecule has 3 aliphatic rings. The summed E-state index contributed by atoms with van der Waals surface area (Å²) in [6, 6.07) is 0.589. The molecule has 6 atom stereocenters. The largest absolute Gasteiger partial charge is 0.383 e. The second kappa shape index (κ2) is 9.60. The maximum absolute atomic E-state index is 6.02. The van der Waals surface area contributed by atoms with Crippen molar-refractivity contribution in [2.24, 2.45) is 11.8 Å². The van der Waals surface area contributed by atoms with Crippen molar-refractivity contribution in [2.75, 3.05) is 39.9 Å². The van der Waals surface area contributed by atoms with Crippen molar-refractivity contribution in [3.8, 4) is 0 Å². The molecule has 6 unspecified atom stereocenters. The van der Waals surface area contributed by atoms with Crippen molar-refractivity contribution in [2.45, 2.75) is 64.1 Å². The van der Waals surface area contributed by atoms with Gasteiger partial charge in [0.25, 0.3) is 0 Å². The zero-order chi connectivity index (χ0) is 17.6. The average Bonchev–Trinajstić information content (AvgIpc) is 3.24. The van der Waals surface area contributed by atoms with Crippen molar-refractivity contribution in [1.29, 1.82) is 0 Å². The first-order chi connectivity index (χ1) is 12.2. The Morgan fingerprint density at radius 2 is 2.24 bits per heavy atom. The second-order valence-electron chi connectivity index (χ2n) is 8.42. The number of rotatable bonds is 8. The smallest absolute Gasteiger partial charge is 0.183 e. The summed E-state index contributed by atoms with van der Waals surface area (Å²) in [4.78, 5) is 7.73. The van der Waals surface area contributed by atoms with Crippen molar-refractivity contribution >= 4 is 0 Å². The van der Waals surface area contributed by atoms with Crippen molar-refractivity contribution in [1.82, 2.24) is 16.1 Å². The van der Waals surface area contributed by atoms with Gasteiger partial charge in [-0.25, -0.2) is 0 Å². The number of piperidine rings is 1. The standard InChI is InChI=1S/C18H37N5O2/c1-13(2)12-23-9-4-5-15(23)18-21-17(22-25-18)14-6-7-19-16(11-14)20-8-10-24-3/h13-22H,4-12H2,1-3H3/p+2. The van der Waals surface area contributed by atoms with E-state index in [1.807, 2.05) is 0 Å². The van der Waals surface area contributed by atoms with Gasteiger partial charge < -0.3 is 15.0 Å². The van der Waals surface area contributed by atoms with Crippen LogP contribution in [0.25, 0.3) is 0 Å². The van der Waals surface area contributed by atoms with Crippen LogP contribution in [0.2, 0.25) is 0 Å². The zero-order valence-corrected chi connectivity index (χ0v) is 16.2. The highest BCUT2D eigenvalue weighted by molar-refractivity contribution is 4.84. The van der Waals surface area contributed by atoms with E-state index in [4.69, 9.17) is 9.57 Å². The topological polar surface area (TPSA) is 75.6 Å². The second-order valence-corrected chi connectivity index (χ2v) is 8.42. The number of quaternary nitrogens is 2. The first kappa shape index (κ1) is 19.5. The maximum Gasteiger partial charge on any atom is 0.183 e. The van der Waals surface area contributed by atoms with E-state index in [-0.39, 0.29) is 12.4 Å². The molecule has 0 amide bonds. The minimum atomic E-state index is 0.159. The molecule has 6 N–H and O–H groups in total. The molecule has 3 saturated heterocycles. The molecule has 3 heterocycles. The van der Waals surface area contributed by atoms with E-state index in [0.29, 0.717) is 18.1 Å². The Hall–Kier alpha value is -0.280. The third kappa shape index (κ3) is 5.35. The molecule has 0 bridgehead atoms. The maximum atomic E-state index is 6.02. The molecule has 3 fully saturated rings. The highest BCUT2D eigenvalue weighted by atomic mass is 16.7. The number of methoxy groups -OCH3 is 1. The molecule has 146 valence electrons. The first-order valence-corrected chi connectivity index (χ1v) is 10.2. The highest BCUT2D eigenvalue weighted by Gasteiger charge is 2.43. The van der Waals surface area contributed by atoms with E-state index < -0.39 is 0 Å². The predicted octanol–water partition coefficient (Wildman–Crippen LogP) is -2.00. The van der Waals surface area contributed by atoms with Crippen LogP contribution in [0, 0.1) is 11.8 Å². The number of ether oxygens (including phenoxy) is 1. The molecule has 0 aromatic heterocycles. The van der Waals surface area contributed by atoms with Gasteiger partial charge in [0, 0.05) is 51.2 Å². The monoisotopic (exact) mass is 357 g/mol. The van der Waals surface area contributed by atoms with Crippen molar-refractivity contribution < 1.29 is 19.8 Å². The van der Waals surface area contributed by atoms with Gasteiger partial charge in [0.1, 0.15) is 12.2 Å². The number of hydrogen-bond acceptors (Lipinski definition) is 5. The lowest BCUT2D eigenvalue weighted by molar-refractivity contribution is -0.919. The predicted molar refractivity (Wildman–Crippen MR) is 96.7 cm³/mol. The van der Waals surface area contributed by atoms with Crippen molar-refractivity contribution in [3.05, 3.63) is 0 Å². The molecule has 0 saturated carbocycles. The number of likely N-dealkylation sites (tertiary alicyclic amines) is 1. The Bertz CT molecular complexity index is 398. The Labute approximate surface area is 152 Å². The van der Waals surface area contributed by atoms with Crippen LogP contribution in [0.5, 0.6) is 0 Å². The molecule has 7 heteroatoms. The number of nitrogens with one attached hydrogen (secondary N) is 4. The summed E-state index contributed by atoms with van der Waals surface area (Å²) >= 11 is 0. The molecular weight excluding hydrogens is 318 g/mol. The molecule has 0 aliphatic carbocycles. The molecule has 0 radical (unpaired) electrons. The van der Waals surface area contributed by atoms with Gasteiger partial charge in [-0.05, 0) is 0 Å². The van der Waals surface area contributed by atoms with Crippen LogP contribution in [0.3, 0.4) is 0 Å². The third-order valence-electron chi connectivity index (χ3n) is 5.97. The van der Waals surface area contributed by atoms with E-state index in [0.717, 1.165) is 25.5 Å². The lowest BCUT2D eigenvalue weighted by Gasteiger charge is -2.31. The van der Waals surface area contributed by atoms with Crippen LogP contribution >= 0.6 is 0 Å². The molecule has 0 aromatic carbocycles. The fraction of sp³-hybridized carbons (Fsp3) is 1.00. The van der Waals surface area contributed by atoms with Gasteiger partial charge in [-0.3, -0.25) is 15.5 Å². The van der Waals surface area contributed by atoms with Crippen LogP contribution in [0.1, 0.15) is 39.5 Å².